The van der Waals surface area contributed by atoms with Gasteiger partial charge in [0.25, 0.3) is 0 Å². The average molecular weight is 281 g/mol. The Morgan fingerprint density at radius 3 is 2.52 bits per heavy atom. The van der Waals surface area contributed by atoms with Crippen molar-refractivity contribution in [2.24, 2.45) is 0 Å². The van der Waals surface area contributed by atoms with E-state index in [1.54, 1.807) is 0 Å². The monoisotopic (exact) mass is 281 g/mol. The van der Waals surface area contributed by atoms with Gasteiger partial charge in [0, 0.05) is 17.8 Å². The first-order chi connectivity index (χ1) is 10.3. The molecule has 0 unspecified atom stereocenters. The Morgan fingerprint density at radius 1 is 1.00 bits per heavy atom. The molecule has 3 rings (SSSR count). The van der Waals surface area contributed by atoms with Crippen LogP contribution in [0.25, 0.3) is 0 Å². The van der Waals surface area contributed by atoms with Crippen molar-refractivity contribution in [2.75, 3.05) is 5.32 Å². The number of anilines is 1. The zero-order valence-electron chi connectivity index (χ0n) is 12.6. The highest BCUT2D eigenvalue weighted by Gasteiger charge is 2.17. The molecule has 0 radical (unpaired) electrons. The second-order valence-electron chi connectivity index (χ2n) is 5.80. The predicted molar refractivity (Wildman–Crippen MR) is 87.8 cm³/mol. The smallest absolute Gasteiger partial charge is 0.124 e. The van der Waals surface area contributed by atoms with Crippen molar-refractivity contribution in [3.63, 3.8) is 0 Å². The average Bonchev–Trinajstić information content (AvgIpc) is 3.01. The van der Waals surface area contributed by atoms with Crippen molar-refractivity contribution in [3.8, 4) is 5.75 Å². The summed E-state index contributed by atoms with van der Waals surface area (Å²) in [5.74, 6) is 1.03. The number of benzene rings is 2. The van der Waals surface area contributed by atoms with Crippen LogP contribution in [0.2, 0.25) is 0 Å². The summed E-state index contributed by atoms with van der Waals surface area (Å²) in [6, 6.07) is 16.8. The van der Waals surface area contributed by atoms with E-state index in [4.69, 9.17) is 4.74 Å². The number of hydrogen-bond acceptors (Lipinski definition) is 2. The van der Waals surface area contributed by atoms with E-state index >= 15 is 0 Å². The van der Waals surface area contributed by atoms with E-state index in [-0.39, 0.29) is 0 Å². The summed E-state index contributed by atoms with van der Waals surface area (Å²) >= 11 is 0. The number of nitrogens with one attached hydrogen (secondary N) is 1. The van der Waals surface area contributed by atoms with Gasteiger partial charge in [-0.25, -0.2) is 0 Å². The Morgan fingerprint density at radius 2 is 1.71 bits per heavy atom. The van der Waals surface area contributed by atoms with Crippen LogP contribution in [0.15, 0.2) is 48.5 Å². The second-order valence-corrected chi connectivity index (χ2v) is 5.80. The normalized spacial score (nSPS) is 15.1. The largest absolute Gasteiger partial charge is 0.490 e. The standard InChI is InChI=1S/C19H23NO/c1-15-8-2-6-12-18(15)20-14-16-9-3-7-13-19(16)21-17-10-4-5-11-17/h2-3,6-9,12-13,17,20H,4-5,10-11,14H2,1H3. The quantitative estimate of drug-likeness (QED) is 0.839. The fraction of sp³-hybridized carbons (Fsp3) is 0.368. The summed E-state index contributed by atoms with van der Waals surface area (Å²) < 4.78 is 6.19. The van der Waals surface area contributed by atoms with Crippen LogP contribution in [0.4, 0.5) is 5.69 Å². The number of ether oxygens (including phenoxy) is 1. The summed E-state index contributed by atoms with van der Waals surface area (Å²) in [5.41, 5.74) is 3.69. The Hall–Kier alpha value is -1.96. The molecule has 21 heavy (non-hydrogen) atoms. The molecular weight excluding hydrogens is 258 g/mol. The molecule has 2 nitrogen and oxygen atoms in total. The molecule has 0 saturated heterocycles. The van der Waals surface area contributed by atoms with Crippen LogP contribution in [-0.2, 0) is 6.54 Å². The lowest BCUT2D eigenvalue weighted by molar-refractivity contribution is 0.208. The highest BCUT2D eigenvalue weighted by molar-refractivity contribution is 5.51. The van der Waals surface area contributed by atoms with E-state index in [9.17, 15) is 0 Å². The van der Waals surface area contributed by atoms with Crippen LogP contribution in [-0.4, -0.2) is 6.10 Å². The Labute approximate surface area is 127 Å². The van der Waals surface area contributed by atoms with Crippen molar-refractivity contribution < 1.29 is 4.74 Å². The molecule has 1 fully saturated rings. The van der Waals surface area contributed by atoms with Crippen LogP contribution in [0, 0.1) is 6.92 Å². The first kappa shape index (κ1) is 14.0. The van der Waals surface area contributed by atoms with Crippen LogP contribution >= 0.6 is 0 Å². The van der Waals surface area contributed by atoms with Crippen LogP contribution in [0.1, 0.15) is 36.8 Å². The van der Waals surface area contributed by atoms with Gasteiger partial charge in [-0.1, -0.05) is 36.4 Å². The van der Waals surface area contributed by atoms with Gasteiger partial charge in [0.2, 0.25) is 0 Å². The van der Waals surface area contributed by atoms with Gasteiger partial charge >= 0.3 is 0 Å². The van der Waals surface area contributed by atoms with E-state index in [2.05, 4.69) is 60.8 Å². The summed E-state index contributed by atoms with van der Waals surface area (Å²) in [6.07, 6.45) is 5.39. The third-order valence-corrected chi connectivity index (χ3v) is 4.18. The third kappa shape index (κ3) is 3.57. The highest BCUT2D eigenvalue weighted by atomic mass is 16.5. The molecule has 2 aromatic carbocycles. The lowest BCUT2D eigenvalue weighted by Gasteiger charge is -2.17. The minimum absolute atomic E-state index is 0.407. The van der Waals surface area contributed by atoms with Crippen molar-refractivity contribution >= 4 is 5.69 Å². The van der Waals surface area contributed by atoms with Gasteiger partial charge in [-0.05, 0) is 50.3 Å². The second kappa shape index (κ2) is 6.66. The van der Waals surface area contributed by atoms with Gasteiger partial charge in [-0.3, -0.25) is 0 Å². The topological polar surface area (TPSA) is 21.3 Å². The molecule has 1 aliphatic carbocycles. The van der Waals surface area contributed by atoms with E-state index < -0.39 is 0 Å². The van der Waals surface area contributed by atoms with Crippen LogP contribution in [0.5, 0.6) is 5.75 Å². The van der Waals surface area contributed by atoms with Crippen molar-refractivity contribution in [1.82, 2.24) is 0 Å². The summed E-state index contributed by atoms with van der Waals surface area (Å²) in [4.78, 5) is 0. The van der Waals surface area contributed by atoms with E-state index in [1.165, 1.54) is 42.5 Å². The fourth-order valence-electron chi connectivity index (χ4n) is 2.91. The number of rotatable bonds is 5. The molecule has 1 aliphatic rings. The molecule has 0 heterocycles. The molecule has 110 valence electrons. The molecular formula is C19H23NO. The molecule has 0 aromatic heterocycles. The van der Waals surface area contributed by atoms with E-state index in [1.807, 2.05) is 0 Å². The first-order valence-electron chi connectivity index (χ1n) is 7.87. The predicted octanol–water partition coefficient (Wildman–Crippen LogP) is 4.93. The third-order valence-electron chi connectivity index (χ3n) is 4.18. The maximum atomic E-state index is 6.19. The van der Waals surface area contributed by atoms with Crippen molar-refractivity contribution in [3.05, 3.63) is 59.7 Å². The van der Waals surface area contributed by atoms with Gasteiger partial charge in [-0.2, -0.15) is 0 Å². The van der Waals surface area contributed by atoms with E-state index in [0.717, 1.165) is 12.3 Å². The molecule has 1 N–H and O–H groups in total. The SMILES string of the molecule is Cc1ccccc1NCc1ccccc1OC1CCCC1. The lowest BCUT2D eigenvalue weighted by Crippen LogP contribution is -2.13. The van der Waals surface area contributed by atoms with Gasteiger partial charge in [0.1, 0.15) is 5.75 Å². The maximum absolute atomic E-state index is 6.19. The zero-order chi connectivity index (χ0) is 14.5. The van der Waals surface area contributed by atoms with E-state index in [0.29, 0.717) is 6.10 Å². The van der Waals surface area contributed by atoms with Crippen LogP contribution < -0.4 is 10.1 Å². The van der Waals surface area contributed by atoms with Gasteiger partial charge in [0.15, 0.2) is 0 Å². The van der Waals surface area contributed by atoms with Gasteiger partial charge in [-0.15, -0.1) is 0 Å². The molecule has 0 aliphatic heterocycles. The molecule has 2 heteroatoms. The molecule has 0 spiro atoms. The molecule has 0 amide bonds. The van der Waals surface area contributed by atoms with Gasteiger partial charge < -0.3 is 10.1 Å². The number of aryl methyl sites for hydroxylation is 1. The highest BCUT2D eigenvalue weighted by Crippen LogP contribution is 2.27. The number of hydrogen-bond donors (Lipinski definition) is 1. The minimum Gasteiger partial charge on any atom is -0.490 e. The zero-order valence-corrected chi connectivity index (χ0v) is 12.6. The molecule has 2 aromatic rings. The summed E-state index contributed by atoms with van der Waals surface area (Å²) in [5, 5.41) is 3.51. The summed E-state index contributed by atoms with van der Waals surface area (Å²) in [6.45, 7) is 2.93. The molecule has 0 atom stereocenters. The lowest BCUT2D eigenvalue weighted by atomic mass is 10.1. The van der Waals surface area contributed by atoms with Crippen LogP contribution in [0.3, 0.4) is 0 Å². The number of para-hydroxylation sites is 2. The van der Waals surface area contributed by atoms with Crippen molar-refractivity contribution in [1.29, 1.82) is 0 Å². The molecule has 1 saturated carbocycles. The van der Waals surface area contributed by atoms with Gasteiger partial charge in [0.05, 0.1) is 6.10 Å². The fourth-order valence-corrected chi connectivity index (χ4v) is 2.91. The Kier molecular flexibility index (Phi) is 4.44. The van der Waals surface area contributed by atoms with Crippen molar-refractivity contribution in [2.45, 2.75) is 45.3 Å². The minimum atomic E-state index is 0.407. The Bertz CT molecular complexity index is 588. The first-order valence-corrected chi connectivity index (χ1v) is 7.87. The maximum Gasteiger partial charge on any atom is 0.124 e. The molecule has 0 bridgehead atoms. The summed E-state index contributed by atoms with van der Waals surface area (Å²) in [7, 11) is 0. The Balaban J connectivity index is 1.68.